The second-order valence-electron chi connectivity index (χ2n) is 7.94. The number of alkyl halides is 1. The number of carbonyl (C=O) groups is 1. The number of nitrogens with one attached hydrogen (secondary N) is 2. The van der Waals surface area contributed by atoms with Crippen LogP contribution in [0.3, 0.4) is 0 Å². The molecule has 1 aromatic carbocycles. The van der Waals surface area contributed by atoms with Gasteiger partial charge >= 0.3 is 0 Å². The van der Waals surface area contributed by atoms with Gasteiger partial charge in [0.1, 0.15) is 11.9 Å². The van der Waals surface area contributed by atoms with Gasteiger partial charge in [-0.3, -0.25) is 14.9 Å². The van der Waals surface area contributed by atoms with E-state index in [1.54, 1.807) is 6.07 Å². The van der Waals surface area contributed by atoms with E-state index in [1.165, 1.54) is 6.07 Å². The summed E-state index contributed by atoms with van der Waals surface area (Å²) >= 11 is 0. The molecule has 1 amide bonds. The third-order valence-corrected chi connectivity index (χ3v) is 5.75. The molecule has 1 aliphatic heterocycles. The molecule has 7 nitrogen and oxygen atoms in total. The van der Waals surface area contributed by atoms with Gasteiger partial charge < -0.3 is 15.5 Å². The first kappa shape index (κ1) is 20.4. The van der Waals surface area contributed by atoms with Crippen LogP contribution < -0.4 is 15.5 Å². The van der Waals surface area contributed by atoms with Crippen LogP contribution in [0.1, 0.15) is 56.3 Å². The Morgan fingerprint density at radius 3 is 2.57 bits per heavy atom. The van der Waals surface area contributed by atoms with E-state index in [0.717, 1.165) is 25.7 Å². The predicted octanol–water partition coefficient (Wildman–Crippen LogP) is 3.88. The van der Waals surface area contributed by atoms with Gasteiger partial charge in [-0.05, 0) is 51.0 Å². The highest BCUT2D eigenvalue weighted by atomic mass is 19.1. The summed E-state index contributed by atoms with van der Waals surface area (Å²) in [5, 5.41) is 17.6. The number of nitrogens with zero attached hydrogens (tertiary/aromatic N) is 2. The maximum Gasteiger partial charge on any atom is 0.293 e. The first-order chi connectivity index (χ1) is 13.4. The average molecular weight is 392 g/mol. The van der Waals surface area contributed by atoms with E-state index in [2.05, 4.69) is 17.6 Å². The molecule has 1 saturated heterocycles. The number of nitro groups is 1. The van der Waals surface area contributed by atoms with Crippen molar-refractivity contribution in [3.63, 3.8) is 0 Å². The first-order valence-electron chi connectivity index (χ1n) is 10.1. The lowest BCUT2D eigenvalue weighted by Gasteiger charge is -2.28. The highest BCUT2D eigenvalue weighted by Crippen LogP contribution is 2.35. The lowest BCUT2D eigenvalue weighted by atomic mass is 9.87. The summed E-state index contributed by atoms with van der Waals surface area (Å²) in [6.07, 6.45) is 3.40. The van der Waals surface area contributed by atoms with Crippen molar-refractivity contribution in [3.8, 4) is 0 Å². The number of anilines is 2. The Labute approximate surface area is 164 Å². The fourth-order valence-corrected chi connectivity index (χ4v) is 4.11. The van der Waals surface area contributed by atoms with Crippen molar-refractivity contribution in [2.24, 2.45) is 5.92 Å². The van der Waals surface area contributed by atoms with E-state index < -0.39 is 11.1 Å². The van der Waals surface area contributed by atoms with Crippen LogP contribution in [0.5, 0.6) is 0 Å². The molecular weight excluding hydrogens is 363 g/mol. The molecule has 28 heavy (non-hydrogen) atoms. The molecule has 1 saturated carbocycles. The van der Waals surface area contributed by atoms with Gasteiger partial charge in [-0.2, -0.15) is 0 Å². The SMILES string of the molecule is CCNc1cc(N2CC[C@@H](F)C2)c(C(=O)N[C@H]2CC[C@H](C)CC2)cc1[N+](=O)[O-]. The van der Waals surface area contributed by atoms with Crippen molar-refractivity contribution in [2.45, 2.75) is 58.2 Å². The maximum absolute atomic E-state index is 13.8. The van der Waals surface area contributed by atoms with Crippen LogP contribution in [-0.2, 0) is 0 Å². The third-order valence-electron chi connectivity index (χ3n) is 5.75. The summed E-state index contributed by atoms with van der Waals surface area (Å²) in [4.78, 5) is 25.9. The van der Waals surface area contributed by atoms with Gasteiger partial charge in [-0.15, -0.1) is 0 Å². The van der Waals surface area contributed by atoms with Gasteiger partial charge in [0.05, 0.1) is 16.2 Å². The van der Waals surface area contributed by atoms with E-state index >= 15 is 0 Å². The molecule has 2 fully saturated rings. The lowest BCUT2D eigenvalue weighted by molar-refractivity contribution is -0.384. The minimum Gasteiger partial charge on any atom is -0.380 e. The molecular formula is C20H29FN4O3. The molecule has 2 aliphatic rings. The van der Waals surface area contributed by atoms with Crippen molar-refractivity contribution in [1.82, 2.24) is 5.32 Å². The van der Waals surface area contributed by atoms with Crippen LogP contribution in [0.25, 0.3) is 0 Å². The van der Waals surface area contributed by atoms with E-state index in [1.807, 2.05) is 11.8 Å². The molecule has 0 unspecified atom stereocenters. The minimum absolute atomic E-state index is 0.0801. The van der Waals surface area contributed by atoms with Crippen LogP contribution >= 0.6 is 0 Å². The Morgan fingerprint density at radius 2 is 2.00 bits per heavy atom. The van der Waals surface area contributed by atoms with Crippen molar-refractivity contribution < 1.29 is 14.1 Å². The van der Waals surface area contributed by atoms with Crippen molar-refractivity contribution in [2.75, 3.05) is 29.9 Å². The molecule has 0 aromatic heterocycles. The van der Waals surface area contributed by atoms with Gasteiger partial charge in [0, 0.05) is 31.7 Å². The fourth-order valence-electron chi connectivity index (χ4n) is 4.11. The Hall–Kier alpha value is -2.38. The predicted molar refractivity (Wildman–Crippen MR) is 108 cm³/mol. The zero-order valence-electron chi connectivity index (χ0n) is 16.5. The van der Waals surface area contributed by atoms with Gasteiger partial charge in [0.15, 0.2) is 0 Å². The number of rotatable bonds is 6. The standard InChI is InChI=1S/C20H29FN4O3/c1-3-22-17-11-18(24-9-8-14(21)12-24)16(10-19(17)25(27)28)20(26)23-15-6-4-13(2)5-7-15/h10-11,13-15,22H,3-9,12H2,1-2H3,(H,23,26)/t13-,14-,15-/m1/s1. The summed E-state index contributed by atoms with van der Waals surface area (Å²) in [7, 11) is 0. The van der Waals surface area contributed by atoms with Crippen molar-refractivity contribution in [3.05, 3.63) is 27.8 Å². The quantitative estimate of drug-likeness (QED) is 0.567. The minimum atomic E-state index is -0.950. The van der Waals surface area contributed by atoms with Crippen LogP contribution in [0.2, 0.25) is 0 Å². The zero-order valence-corrected chi connectivity index (χ0v) is 16.5. The smallest absolute Gasteiger partial charge is 0.293 e. The largest absolute Gasteiger partial charge is 0.380 e. The van der Waals surface area contributed by atoms with Gasteiger partial charge in [0.2, 0.25) is 0 Å². The summed E-state index contributed by atoms with van der Waals surface area (Å²) in [5.74, 6) is 0.346. The molecule has 154 valence electrons. The molecule has 8 heteroatoms. The highest BCUT2D eigenvalue weighted by molar-refractivity contribution is 6.02. The number of amides is 1. The van der Waals surface area contributed by atoms with Gasteiger partial charge in [-0.1, -0.05) is 6.92 Å². The molecule has 2 N–H and O–H groups in total. The molecule has 0 radical (unpaired) electrons. The average Bonchev–Trinajstić information content (AvgIpc) is 3.09. The summed E-state index contributed by atoms with van der Waals surface area (Å²) in [6.45, 7) is 5.26. The third kappa shape index (κ3) is 4.54. The Morgan fingerprint density at radius 1 is 1.29 bits per heavy atom. The van der Waals surface area contributed by atoms with Crippen LogP contribution in [-0.4, -0.2) is 42.7 Å². The normalized spacial score (nSPS) is 24.8. The van der Waals surface area contributed by atoms with E-state index in [0.29, 0.717) is 36.8 Å². The number of hydrogen-bond acceptors (Lipinski definition) is 5. The monoisotopic (exact) mass is 392 g/mol. The number of carbonyl (C=O) groups excluding carboxylic acids is 1. The Balaban J connectivity index is 1.93. The number of halogens is 1. The summed E-state index contributed by atoms with van der Waals surface area (Å²) < 4.78 is 13.8. The molecule has 0 bridgehead atoms. The van der Waals surface area contributed by atoms with E-state index in [9.17, 15) is 19.3 Å². The van der Waals surface area contributed by atoms with Gasteiger partial charge in [-0.25, -0.2) is 4.39 Å². The Bertz CT molecular complexity index is 734. The molecule has 3 rings (SSSR count). The highest BCUT2D eigenvalue weighted by Gasteiger charge is 2.30. The number of hydrogen-bond donors (Lipinski definition) is 2. The van der Waals surface area contributed by atoms with Crippen molar-refractivity contribution in [1.29, 1.82) is 0 Å². The van der Waals surface area contributed by atoms with E-state index in [4.69, 9.17) is 0 Å². The zero-order chi connectivity index (χ0) is 20.3. The number of nitro benzene ring substituents is 1. The second kappa shape index (κ2) is 8.75. The summed E-state index contributed by atoms with van der Waals surface area (Å²) in [6, 6.07) is 3.04. The van der Waals surface area contributed by atoms with Crippen LogP contribution in [0.15, 0.2) is 12.1 Å². The van der Waals surface area contributed by atoms with Crippen molar-refractivity contribution >= 4 is 23.0 Å². The molecule has 1 aliphatic carbocycles. The lowest BCUT2D eigenvalue weighted by Crippen LogP contribution is -2.38. The number of benzene rings is 1. The summed E-state index contributed by atoms with van der Waals surface area (Å²) in [5.41, 5.74) is 1.03. The molecule has 1 atom stereocenters. The Kier molecular flexibility index (Phi) is 6.36. The van der Waals surface area contributed by atoms with Gasteiger partial charge in [0.25, 0.3) is 11.6 Å². The maximum atomic E-state index is 13.8. The second-order valence-corrected chi connectivity index (χ2v) is 7.94. The van der Waals surface area contributed by atoms with Crippen LogP contribution in [0.4, 0.5) is 21.5 Å². The van der Waals surface area contributed by atoms with Crippen LogP contribution in [0, 0.1) is 16.0 Å². The van der Waals surface area contributed by atoms with E-state index in [-0.39, 0.29) is 29.7 Å². The molecule has 1 aromatic rings. The molecule has 0 spiro atoms. The first-order valence-corrected chi connectivity index (χ1v) is 10.1. The topological polar surface area (TPSA) is 87.5 Å². The molecule has 1 heterocycles. The fraction of sp³-hybridized carbons (Fsp3) is 0.650.